The van der Waals surface area contributed by atoms with Gasteiger partial charge in [0.05, 0.1) is 7.11 Å². The van der Waals surface area contributed by atoms with Crippen LogP contribution in [0.1, 0.15) is 56.9 Å². The van der Waals surface area contributed by atoms with Gasteiger partial charge >= 0.3 is 0 Å². The molecule has 1 aromatic rings. The number of benzene rings is 1. The van der Waals surface area contributed by atoms with Crippen molar-refractivity contribution in [1.29, 1.82) is 0 Å². The fourth-order valence-corrected chi connectivity index (χ4v) is 3.13. The third-order valence-electron chi connectivity index (χ3n) is 4.25. The van der Waals surface area contributed by atoms with Crippen molar-refractivity contribution in [1.82, 2.24) is 5.32 Å². The molecule has 2 rings (SSSR count). The van der Waals surface area contributed by atoms with Crippen LogP contribution in [0.25, 0.3) is 0 Å². The van der Waals surface area contributed by atoms with Crippen LogP contribution in [0.3, 0.4) is 0 Å². The number of halogens is 1. The zero-order chi connectivity index (χ0) is 14.4. The van der Waals surface area contributed by atoms with E-state index in [9.17, 15) is 4.39 Å². The highest BCUT2D eigenvalue weighted by atomic mass is 19.1. The molecule has 1 N–H and O–H groups in total. The first kappa shape index (κ1) is 15.3. The van der Waals surface area contributed by atoms with E-state index in [0.717, 1.165) is 24.9 Å². The maximum absolute atomic E-state index is 13.9. The molecular weight excluding hydrogens is 253 g/mol. The lowest BCUT2D eigenvalue weighted by molar-refractivity contribution is 0.385. The van der Waals surface area contributed by atoms with Crippen LogP contribution in [0.4, 0.5) is 4.39 Å². The zero-order valence-corrected chi connectivity index (χ0v) is 12.6. The van der Waals surface area contributed by atoms with Gasteiger partial charge in [0, 0.05) is 6.04 Å². The van der Waals surface area contributed by atoms with Crippen molar-refractivity contribution in [3.05, 3.63) is 29.6 Å². The molecule has 0 radical (unpaired) electrons. The summed E-state index contributed by atoms with van der Waals surface area (Å²) in [6.45, 7) is 3.27. The maximum Gasteiger partial charge on any atom is 0.165 e. The fraction of sp³-hybridized carbons (Fsp3) is 0.647. The van der Waals surface area contributed by atoms with Gasteiger partial charge in [0.25, 0.3) is 0 Å². The predicted octanol–water partition coefficient (Wildman–Crippen LogP) is 4.25. The van der Waals surface area contributed by atoms with Crippen LogP contribution in [0, 0.1) is 5.82 Å². The second kappa shape index (κ2) is 7.63. The molecular formula is C17H26FNO. The van der Waals surface area contributed by atoms with Gasteiger partial charge in [0.2, 0.25) is 0 Å². The summed E-state index contributed by atoms with van der Waals surface area (Å²) in [5.74, 6) is 0.558. The van der Waals surface area contributed by atoms with Gasteiger partial charge in [0.1, 0.15) is 0 Å². The highest BCUT2D eigenvalue weighted by Crippen LogP contribution is 2.33. The van der Waals surface area contributed by atoms with Gasteiger partial charge in [-0.15, -0.1) is 0 Å². The average Bonchev–Trinajstić information content (AvgIpc) is 2.70. The third-order valence-corrected chi connectivity index (χ3v) is 4.25. The van der Waals surface area contributed by atoms with Crippen molar-refractivity contribution in [3.63, 3.8) is 0 Å². The number of nitrogens with one attached hydrogen (secondary N) is 1. The molecule has 0 amide bonds. The van der Waals surface area contributed by atoms with E-state index in [1.807, 2.05) is 6.07 Å². The summed E-state index contributed by atoms with van der Waals surface area (Å²) in [4.78, 5) is 0. The highest BCUT2D eigenvalue weighted by Gasteiger charge is 2.21. The maximum atomic E-state index is 13.9. The minimum Gasteiger partial charge on any atom is -0.494 e. The third kappa shape index (κ3) is 3.95. The van der Waals surface area contributed by atoms with Crippen LogP contribution in [0.5, 0.6) is 5.75 Å². The summed E-state index contributed by atoms with van der Waals surface area (Å²) < 4.78 is 18.9. The van der Waals surface area contributed by atoms with Crippen LogP contribution in [-0.4, -0.2) is 19.7 Å². The number of methoxy groups -OCH3 is 1. The molecule has 2 atom stereocenters. The van der Waals surface area contributed by atoms with Gasteiger partial charge in [-0.1, -0.05) is 25.8 Å². The van der Waals surface area contributed by atoms with E-state index >= 15 is 0 Å². The molecule has 112 valence electrons. The van der Waals surface area contributed by atoms with E-state index < -0.39 is 0 Å². The molecule has 20 heavy (non-hydrogen) atoms. The highest BCUT2D eigenvalue weighted by molar-refractivity contribution is 5.31. The number of rotatable bonds is 5. The molecule has 0 bridgehead atoms. The Morgan fingerprint density at radius 1 is 1.30 bits per heavy atom. The second-order valence-corrected chi connectivity index (χ2v) is 5.76. The molecule has 2 nitrogen and oxygen atoms in total. The van der Waals surface area contributed by atoms with E-state index in [2.05, 4.69) is 12.2 Å². The van der Waals surface area contributed by atoms with Crippen LogP contribution in [-0.2, 0) is 0 Å². The van der Waals surface area contributed by atoms with Crippen molar-refractivity contribution < 1.29 is 9.13 Å². The molecule has 1 fully saturated rings. The Morgan fingerprint density at radius 2 is 2.10 bits per heavy atom. The molecule has 0 heterocycles. The molecule has 0 spiro atoms. The minimum absolute atomic E-state index is 0.243. The molecule has 1 aromatic carbocycles. The lowest BCUT2D eigenvalue weighted by atomic mass is 9.90. The first-order valence-corrected chi connectivity index (χ1v) is 7.81. The van der Waals surface area contributed by atoms with E-state index in [4.69, 9.17) is 4.74 Å². The largest absolute Gasteiger partial charge is 0.494 e. The van der Waals surface area contributed by atoms with Gasteiger partial charge < -0.3 is 10.1 Å². The molecule has 0 saturated heterocycles. The van der Waals surface area contributed by atoms with E-state index in [1.54, 1.807) is 12.1 Å². The molecule has 0 aromatic heterocycles. The van der Waals surface area contributed by atoms with Gasteiger partial charge in [-0.3, -0.25) is 0 Å². The van der Waals surface area contributed by atoms with E-state index in [-0.39, 0.29) is 5.82 Å². The normalized spacial score (nSPS) is 23.4. The average molecular weight is 279 g/mol. The molecule has 0 aliphatic heterocycles. The first-order valence-electron chi connectivity index (χ1n) is 7.81. The Labute approximate surface area is 121 Å². The van der Waals surface area contributed by atoms with Crippen LogP contribution >= 0.6 is 0 Å². The van der Waals surface area contributed by atoms with Crippen molar-refractivity contribution in [2.45, 2.75) is 57.4 Å². The first-order chi connectivity index (χ1) is 9.74. The lowest BCUT2D eigenvalue weighted by Gasteiger charge is -2.21. The summed E-state index contributed by atoms with van der Waals surface area (Å²) in [6.07, 6.45) is 7.20. The topological polar surface area (TPSA) is 21.3 Å². The standard InChI is InChI=1S/C17H26FNO/c1-3-10-19-15-7-5-4-6-13(11-15)14-8-9-17(20-2)16(18)12-14/h8-9,12-13,15,19H,3-7,10-11H2,1-2H3. The van der Waals surface area contributed by atoms with Crippen LogP contribution < -0.4 is 10.1 Å². The monoisotopic (exact) mass is 279 g/mol. The van der Waals surface area contributed by atoms with Crippen LogP contribution in [0.2, 0.25) is 0 Å². The van der Waals surface area contributed by atoms with Gasteiger partial charge in [-0.05, 0) is 55.8 Å². The number of hydrogen-bond donors (Lipinski definition) is 1. The van der Waals surface area contributed by atoms with Gasteiger partial charge in [-0.25, -0.2) is 4.39 Å². The molecule has 3 heteroatoms. The predicted molar refractivity (Wildman–Crippen MR) is 80.9 cm³/mol. The van der Waals surface area contributed by atoms with Gasteiger partial charge in [0.15, 0.2) is 11.6 Å². The second-order valence-electron chi connectivity index (χ2n) is 5.76. The molecule has 1 aliphatic rings. The molecule has 1 aliphatic carbocycles. The smallest absolute Gasteiger partial charge is 0.165 e. The Kier molecular flexibility index (Phi) is 5.84. The Balaban J connectivity index is 2.07. The van der Waals surface area contributed by atoms with Crippen molar-refractivity contribution in [2.24, 2.45) is 0 Å². The Bertz CT molecular complexity index is 421. The summed E-state index contributed by atoms with van der Waals surface area (Å²) >= 11 is 0. The van der Waals surface area contributed by atoms with Crippen molar-refractivity contribution >= 4 is 0 Å². The lowest BCUT2D eigenvalue weighted by Crippen LogP contribution is -2.30. The van der Waals surface area contributed by atoms with Gasteiger partial charge in [-0.2, -0.15) is 0 Å². The minimum atomic E-state index is -0.243. The van der Waals surface area contributed by atoms with E-state index in [1.165, 1.54) is 32.8 Å². The summed E-state index contributed by atoms with van der Waals surface area (Å²) in [7, 11) is 1.51. The zero-order valence-electron chi connectivity index (χ0n) is 12.6. The number of ether oxygens (including phenoxy) is 1. The quantitative estimate of drug-likeness (QED) is 0.814. The summed E-state index contributed by atoms with van der Waals surface area (Å²) in [5.41, 5.74) is 1.12. The molecule has 1 saturated carbocycles. The SMILES string of the molecule is CCCNC1CCCCC(c2ccc(OC)c(F)c2)C1. The van der Waals surface area contributed by atoms with E-state index in [0.29, 0.717) is 17.7 Å². The molecule has 2 unspecified atom stereocenters. The fourth-order valence-electron chi connectivity index (χ4n) is 3.13. The summed E-state index contributed by atoms with van der Waals surface area (Å²) in [5, 5.41) is 3.63. The van der Waals surface area contributed by atoms with Crippen LogP contribution in [0.15, 0.2) is 18.2 Å². The Hall–Kier alpha value is -1.09. The van der Waals surface area contributed by atoms with Crippen molar-refractivity contribution in [3.8, 4) is 5.75 Å². The Morgan fingerprint density at radius 3 is 2.80 bits per heavy atom. The van der Waals surface area contributed by atoms with Crippen molar-refractivity contribution in [2.75, 3.05) is 13.7 Å². The summed E-state index contributed by atoms with van der Waals surface area (Å²) in [6, 6.07) is 6.01. The number of hydrogen-bond acceptors (Lipinski definition) is 2.